The highest BCUT2D eigenvalue weighted by molar-refractivity contribution is 7.09. The highest BCUT2D eigenvalue weighted by Crippen LogP contribution is 2.22. The van der Waals surface area contributed by atoms with E-state index in [9.17, 15) is 14.7 Å². The third-order valence-electron chi connectivity index (χ3n) is 6.87. The average molecular weight is 623 g/mol. The molecule has 2 aromatic heterocycles. The molecule has 2 aromatic carbocycles. The third kappa shape index (κ3) is 10.0. The fourth-order valence-corrected chi connectivity index (χ4v) is 5.24. The van der Waals surface area contributed by atoms with Crippen molar-refractivity contribution < 1.29 is 23.8 Å². The molecule has 3 N–H and O–H groups in total. The van der Waals surface area contributed by atoms with Crippen LogP contribution in [-0.2, 0) is 17.8 Å². The molecular weight excluding hydrogens is 580 g/mol. The predicted octanol–water partition coefficient (Wildman–Crippen LogP) is 4.64. The minimum absolute atomic E-state index is 0.0107. The summed E-state index contributed by atoms with van der Waals surface area (Å²) in [7, 11) is 4.05. The maximum Gasteiger partial charge on any atom is 0.407 e. The van der Waals surface area contributed by atoms with Gasteiger partial charge in [-0.1, -0.05) is 44.2 Å². The van der Waals surface area contributed by atoms with Crippen LogP contribution in [0.2, 0.25) is 0 Å². The summed E-state index contributed by atoms with van der Waals surface area (Å²) in [4.78, 5) is 39.6. The molecule has 0 saturated carbocycles. The van der Waals surface area contributed by atoms with Crippen molar-refractivity contribution in [3.8, 4) is 0 Å². The monoisotopic (exact) mass is 622 g/mol. The van der Waals surface area contributed by atoms with Crippen LogP contribution in [0.15, 0.2) is 64.7 Å². The van der Waals surface area contributed by atoms with Crippen molar-refractivity contribution >= 4 is 40.5 Å². The Labute approximate surface area is 262 Å². The lowest BCUT2D eigenvalue weighted by atomic mass is 10.00. The van der Waals surface area contributed by atoms with E-state index in [1.165, 1.54) is 11.3 Å². The van der Waals surface area contributed by atoms with Gasteiger partial charge in [-0.2, -0.15) is 4.98 Å². The van der Waals surface area contributed by atoms with E-state index in [1.807, 2.05) is 58.3 Å². The molecule has 0 aliphatic heterocycles. The number of alkyl carbamates (subject to hydrolysis) is 1. The summed E-state index contributed by atoms with van der Waals surface area (Å²) in [5.74, 6) is -0.106. The number of ether oxygens (including phenoxy) is 1. The summed E-state index contributed by atoms with van der Waals surface area (Å²) < 4.78 is 11.3. The maximum atomic E-state index is 13.8. The van der Waals surface area contributed by atoms with E-state index in [0.29, 0.717) is 42.2 Å². The second-order valence-corrected chi connectivity index (χ2v) is 12.4. The maximum absolute atomic E-state index is 13.8. The number of carbonyl (C=O) groups is 2. The number of thiazole rings is 1. The van der Waals surface area contributed by atoms with Gasteiger partial charge in [0.1, 0.15) is 12.1 Å². The Morgan fingerprint density at radius 1 is 1.11 bits per heavy atom. The van der Waals surface area contributed by atoms with Crippen molar-refractivity contribution in [2.75, 3.05) is 45.6 Å². The lowest BCUT2D eigenvalue weighted by molar-refractivity contribution is 0.0494. The van der Waals surface area contributed by atoms with Crippen LogP contribution in [0.25, 0.3) is 11.1 Å². The second kappa shape index (κ2) is 16.2. The SMILES string of the molecule is CC(C)CN(C[C@@H](O)[C@H](Cc1ccccc1)NC(=O)OCc1cncs1)C(=O)c1ccc2nc(NCCCN(C)C)oc2c1. The van der Waals surface area contributed by atoms with Crippen LogP contribution >= 0.6 is 11.3 Å². The minimum Gasteiger partial charge on any atom is -0.444 e. The first-order valence-corrected chi connectivity index (χ1v) is 15.7. The third-order valence-corrected chi connectivity index (χ3v) is 7.62. The Morgan fingerprint density at radius 3 is 2.61 bits per heavy atom. The molecule has 2 heterocycles. The van der Waals surface area contributed by atoms with Crippen molar-refractivity contribution in [1.82, 2.24) is 25.1 Å². The highest BCUT2D eigenvalue weighted by atomic mass is 32.1. The van der Waals surface area contributed by atoms with Crippen LogP contribution in [-0.4, -0.2) is 89.3 Å². The van der Waals surface area contributed by atoms with Gasteiger partial charge in [0.05, 0.1) is 22.5 Å². The number of benzene rings is 2. The fourth-order valence-electron chi connectivity index (χ4n) is 4.74. The molecule has 0 saturated heterocycles. The summed E-state index contributed by atoms with van der Waals surface area (Å²) in [6.45, 7) is 6.19. The molecule has 0 bridgehead atoms. The number of hydrogen-bond acceptors (Lipinski definition) is 10. The summed E-state index contributed by atoms with van der Waals surface area (Å²) in [6.07, 6.45) is 1.22. The first-order chi connectivity index (χ1) is 21.2. The smallest absolute Gasteiger partial charge is 0.407 e. The second-order valence-electron chi connectivity index (χ2n) is 11.4. The fraction of sp³-hybridized carbons (Fsp3) is 0.438. The van der Waals surface area contributed by atoms with E-state index >= 15 is 0 Å². The Balaban J connectivity index is 1.46. The number of rotatable bonds is 16. The zero-order chi connectivity index (χ0) is 31.5. The van der Waals surface area contributed by atoms with Gasteiger partial charge in [0, 0.05) is 31.4 Å². The van der Waals surface area contributed by atoms with Gasteiger partial charge in [0.15, 0.2) is 5.58 Å². The Morgan fingerprint density at radius 2 is 1.91 bits per heavy atom. The first-order valence-electron chi connectivity index (χ1n) is 14.8. The molecule has 0 spiro atoms. The van der Waals surface area contributed by atoms with E-state index < -0.39 is 18.2 Å². The number of carbonyl (C=O) groups excluding carboxylic acids is 2. The van der Waals surface area contributed by atoms with Crippen LogP contribution in [0.3, 0.4) is 0 Å². The van der Waals surface area contributed by atoms with Crippen LogP contribution < -0.4 is 10.6 Å². The number of nitrogens with zero attached hydrogens (tertiary/aromatic N) is 4. The van der Waals surface area contributed by atoms with Gasteiger partial charge >= 0.3 is 6.09 Å². The van der Waals surface area contributed by atoms with Crippen LogP contribution in [0.1, 0.15) is 41.1 Å². The van der Waals surface area contributed by atoms with Crippen molar-refractivity contribution in [3.63, 3.8) is 0 Å². The van der Waals surface area contributed by atoms with E-state index in [0.717, 1.165) is 23.4 Å². The Hall–Kier alpha value is -4.00. The lowest BCUT2D eigenvalue weighted by Gasteiger charge is -2.31. The lowest BCUT2D eigenvalue weighted by Crippen LogP contribution is -2.51. The van der Waals surface area contributed by atoms with Gasteiger partial charge in [-0.15, -0.1) is 11.3 Å². The molecule has 2 atom stereocenters. The largest absolute Gasteiger partial charge is 0.444 e. The van der Waals surface area contributed by atoms with E-state index in [1.54, 1.807) is 34.8 Å². The topological polar surface area (TPSA) is 133 Å². The zero-order valence-electron chi connectivity index (χ0n) is 25.7. The molecule has 0 unspecified atom stereocenters. The minimum atomic E-state index is -1.07. The number of hydrogen-bond donors (Lipinski definition) is 3. The summed E-state index contributed by atoms with van der Waals surface area (Å²) in [5.41, 5.74) is 4.18. The molecule has 12 heteroatoms. The summed E-state index contributed by atoms with van der Waals surface area (Å²) >= 11 is 1.39. The molecule has 0 aliphatic carbocycles. The summed E-state index contributed by atoms with van der Waals surface area (Å²) in [6, 6.07) is 14.5. The van der Waals surface area contributed by atoms with Gasteiger partial charge in [0.25, 0.3) is 11.9 Å². The standard InChI is InChI=1S/C32H42N6O5S/c1-22(2)18-38(30(40)24-11-12-26-29(16-24)43-31(35-26)34-13-8-14-37(3)4)19-28(39)27(15-23-9-6-5-7-10-23)36-32(41)42-20-25-17-33-21-44-25/h5-7,9-12,16-17,21-22,27-28,39H,8,13-15,18-20H2,1-4H3,(H,34,35)(H,36,41)/t27-,28+/m0/s1. The van der Waals surface area contributed by atoms with Gasteiger partial charge < -0.3 is 34.7 Å². The molecule has 11 nitrogen and oxygen atoms in total. The normalized spacial score (nSPS) is 12.8. The molecular formula is C32H42N6O5S. The van der Waals surface area contributed by atoms with Gasteiger partial charge in [-0.3, -0.25) is 9.78 Å². The predicted molar refractivity (Wildman–Crippen MR) is 172 cm³/mol. The number of aliphatic hydroxyl groups is 1. The molecule has 0 radical (unpaired) electrons. The van der Waals surface area contributed by atoms with E-state index in [-0.39, 0.29) is 25.0 Å². The Kier molecular flexibility index (Phi) is 12.1. The molecule has 4 aromatic rings. The van der Waals surface area contributed by atoms with Crippen molar-refractivity contribution in [3.05, 3.63) is 76.2 Å². The van der Waals surface area contributed by atoms with Crippen LogP contribution in [0, 0.1) is 5.92 Å². The highest BCUT2D eigenvalue weighted by Gasteiger charge is 2.28. The molecule has 44 heavy (non-hydrogen) atoms. The quantitative estimate of drug-likeness (QED) is 0.153. The molecule has 2 amide bonds. The van der Waals surface area contributed by atoms with Gasteiger partial charge in [-0.25, -0.2) is 4.79 Å². The number of nitrogens with one attached hydrogen (secondary N) is 2. The number of aromatic nitrogens is 2. The molecule has 4 rings (SSSR count). The Bertz CT molecular complexity index is 1460. The zero-order valence-corrected chi connectivity index (χ0v) is 26.5. The number of fused-ring (bicyclic) bond motifs is 1. The first kappa shape index (κ1) is 32.9. The van der Waals surface area contributed by atoms with Gasteiger partial charge in [-0.05, 0) is 63.2 Å². The average Bonchev–Trinajstić information content (AvgIpc) is 3.67. The van der Waals surface area contributed by atoms with Crippen molar-refractivity contribution in [2.45, 2.75) is 45.4 Å². The van der Waals surface area contributed by atoms with E-state index in [4.69, 9.17) is 9.15 Å². The number of oxazole rings is 1. The number of amides is 2. The van der Waals surface area contributed by atoms with Crippen molar-refractivity contribution in [1.29, 1.82) is 0 Å². The molecule has 236 valence electrons. The number of aliphatic hydroxyl groups excluding tert-OH is 1. The van der Waals surface area contributed by atoms with Gasteiger partial charge in [0.2, 0.25) is 0 Å². The summed E-state index contributed by atoms with van der Waals surface area (Å²) in [5, 5.41) is 17.5. The van der Waals surface area contributed by atoms with Crippen LogP contribution in [0.4, 0.5) is 10.8 Å². The van der Waals surface area contributed by atoms with Crippen LogP contribution in [0.5, 0.6) is 0 Å². The van der Waals surface area contributed by atoms with E-state index in [2.05, 4.69) is 25.5 Å². The molecule has 0 aliphatic rings. The van der Waals surface area contributed by atoms with Crippen molar-refractivity contribution in [2.24, 2.45) is 5.92 Å². The molecule has 0 fully saturated rings. The number of anilines is 1.